The van der Waals surface area contributed by atoms with E-state index in [1.165, 1.54) is 6.92 Å². The minimum Gasteiger partial charge on any atom is -0.488 e. The summed E-state index contributed by atoms with van der Waals surface area (Å²) in [5.74, 6) is 0.263. The van der Waals surface area contributed by atoms with Gasteiger partial charge in [0, 0.05) is 12.4 Å². The first kappa shape index (κ1) is 24.2. The van der Waals surface area contributed by atoms with Gasteiger partial charge in [0.05, 0.1) is 24.6 Å². The van der Waals surface area contributed by atoms with Crippen LogP contribution >= 0.6 is 0 Å². The molecule has 8 heteroatoms. The number of carbonyl (C=O) groups is 1. The van der Waals surface area contributed by atoms with Crippen LogP contribution < -0.4 is 9.47 Å². The predicted molar refractivity (Wildman–Crippen MR) is 121 cm³/mol. The van der Waals surface area contributed by atoms with Crippen LogP contribution in [0.2, 0.25) is 0 Å². The van der Waals surface area contributed by atoms with Crippen molar-refractivity contribution in [3.05, 3.63) is 47.8 Å². The van der Waals surface area contributed by atoms with Crippen molar-refractivity contribution in [2.45, 2.75) is 63.6 Å². The highest BCUT2D eigenvalue weighted by atomic mass is 32.2. The second-order valence-corrected chi connectivity index (χ2v) is 10.1. The summed E-state index contributed by atoms with van der Waals surface area (Å²) in [5.41, 5.74) is 1.69. The highest BCUT2D eigenvalue weighted by Crippen LogP contribution is 2.45. The predicted octanol–water partition coefficient (Wildman–Crippen LogP) is 4.61. The van der Waals surface area contributed by atoms with Crippen molar-refractivity contribution in [3.63, 3.8) is 0 Å². The van der Waals surface area contributed by atoms with Crippen LogP contribution in [0.5, 0.6) is 11.5 Å². The first-order valence-electron chi connectivity index (χ1n) is 11.1. The zero-order valence-electron chi connectivity index (χ0n) is 18.9. The van der Waals surface area contributed by atoms with Gasteiger partial charge in [-0.05, 0) is 61.9 Å². The van der Waals surface area contributed by atoms with Crippen LogP contribution in [0.4, 0.5) is 0 Å². The molecule has 0 spiro atoms. The minimum atomic E-state index is -3.61. The maximum atomic E-state index is 13.1. The number of hydrogen-bond acceptors (Lipinski definition) is 7. The van der Waals surface area contributed by atoms with Crippen LogP contribution in [-0.4, -0.2) is 38.2 Å². The monoisotopic (exact) mass is 461 g/mol. The van der Waals surface area contributed by atoms with Crippen LogP contribution in [-0.2, 0) is 19.4 Å². The third kappa shape index (κ3) is 5.86. The van der Waals surface area contributed by atoms with Gasteiger partial charge in [0.1, 0.15) is 11.5 Å². The second kappa shape index (κ2) is 10.9. The first-order chi connectivity index (χ1) is 15.4. The normalized spacial score (nSPS) is 18.5. The lowest BCUT2D eigenvalue weighted by Gasteiger charge is -2.20. The fourth-order valence-corrected chi connectivity index (χ4v) is 5.23. The van der Waals surface area contributed by atoms with Gasteiger partial charge in [-0.3, -0.25) is 9.78 Å². The molecule has 1 aromatic heterocycles. The Morgan fingerprint density at radius 2 is 1.88 bits per heavy atom. The SMILES string of the molecule is CCCOc1c(OCC(C)=O)cc([C@H]2CC[C@H](c3cccnc3)O2)cc1S(=O)(=O)CCC. The van der Waals surface area contributed by atoms with Crippen LogP contribution in [0.25, 0.3) is 0 Å². The van der Waals surface area contributed by atoms with Crippen molar-refractivity contribution in [1.29, 1.82) is 0 Å². The molecular weight excluding hydrogens is 430 g/mol. The minimum absolute atomic E-state index is 0.00504. The van der Waals surface area contributed by atoms with E-state index in [9.17, 15) is 13.2 Å². The van der Waals surface area contributed by atoms with Gasteiger partial charge in [0.2, 0.25) is 0 Å². The van der Waals surface area contributed by atoms with Crippen LogP contribution in [0.1, 0.15) is 69.8 Å². The van der Waals surface area contributed by atoms with Gasteiger partial charge in [0.25, 0.3) is 0 Å². The third-order valence-electron chi connectivity index (χ3n) is 5.18. The standard InChI is InChI=1S/C24H31NO6S/c1-4-11-29-24-22(30-16-17(3)26)13-19(14-23(24)32(27,28)12-5-2)21-9-8-20(31-21)18-7-6-10-25-15-18/h6-7,10,13-15,20-21H,4-5,8-9,11-12,16H2,1-3H3/t20-,21-/m1/s1. The van der Waals surface area contributed by atoms with E-state index in [0.717, 1.165) is 18.4 Å². The molecule has 2 aromatic rings. The summed E-state index contributed by atoms with van der Waals surface area (Å²) in [7, 11) is -3.61. The number of sulfone groups is 1. The number of rotatable bonds is 11. The Labute approximate surface area is 190 Å². The Kier molecular flexibility index (Phi) is 8.26. The fourth-order valence-electron chi connectivity index (χ4n) is 3.72. The summed E-state index contributed by atoms with van der Waals surface area (Å²) < 4.78 is 44.0. The number of benzene rings is 1. The molecule has 0 bridgehead atoms. The van der Waals surface area contributed by atoms with E-state index in [4.69, 9.17) is 14.2 Å². The topological polar surface area (TPSA) is 91.8 Å². The van der Waals surface area contributed by atoms with E-state index in [1.807, 2.05) is 26.0 Å². The lowest BCUT2D eigenvalue weighted by molar-refractivity contribution is -0.118. The largest absolute Gasteiger partial charge is 0.488 e. The van der Waals surface area contributed by atoms with E-state index in [1.54, 1.807) is 24.5 Å². The van der Waals surface area contributed by atoms with Crippen molar-refractivity contribution in [1.82, 2.24) is 4.98 Å². The Balaban J connectivity index is 2.02. The molecule has 174 valence electrons. The first-order valence-corrected chi connectivity index (χ1v) is 12.7. The molecule has 1 aliphatic heterocycles. The molecule has 1 aliphatic rings. The summed E-state index contributed by atoms with van der Waals surface area (Å²) in [6.07, 6.45) is 5.81. The van der Waals surface area contributed by atoms with Gasteiger partial charge in [-0.15, -0.1) is 0 Å². The number of pyridine rings is 1. The number of aromatic nitrogens is 1. The summed E-state index contributed by atoms with van der Waals surface area (Å²) in [4.78, 5) is 15.8. The van der Waals surface area contributed by atoms with E-state index in [2.05, 4.69) is 4.98 Å². The van der Waals surface area contributed by atoms with Gasteiger partial charge < -0.3 is 14.2 Å². The van der Waals surface area contributed by atoms with Crippen molar-refractivity contribution >= 4 is 15.6 Å². The van der Waals surface area contributed by atoms with E-state index in [0.29, 0.717) is 25.0 Å². The number of Topliss-reactive ketones (excluding diaryl/α,β-unsaturated/α-hetero) is 1. The van der Waals surface area contributed by atoms with E-state index >= 15 is 0 Å². The average molecular weight is 462 g/mol. The quantitative estimate of drug-likeness (QED) is 0.482. The number of ketones is 1. The van der Waals surface area contributed by atoms with Crippen LogP contribution in [0, 0.1) is 0 Å². The Bertz CT molecular complexity index is 1020. The van der Waals surface area contributed by atoms with Crippen molar-refractivity contribution in [2.24, 2.45) is 0 Å². The fraction of sp³-hybridized carbons (Fsp3) is 0.500. The number of nitrogens with zero attached hydrogens (tertiary/aromatic N) is 1. The summed E-state index contributed by atoms with van der Waals surface area (Å²) in [5, 5.41) is 0. The molecule has 2 heterocycles. The molecule has 0 unspecified atom stereocenters. The smallest absolute Gasteiger partial charge is 0.182 e. The molecule has 0 aliphatic carbocycles. The molecule has 32 heavy (non-hydrogen) atoms. The molecule has 0 amide bonds. The van der Waals surface area contributed by atoms with Gasteiger partial charge in [0.15, 0.2) is 27.1 Å². The molecule has 0 saturated carbocycles. The van der Waals surface area contributed by atoms with Crippen molar-refractivity contribution in [3.8, 4) is 11.5 Å². The van der Waals surface area contributed by atoms with Gasteiger partial charge in [-0.2, -0.15) is 0 Å². The number of hydrogen-bond donors (Lipinski definition) is 0. The Morgan fingerprint density at radius 1 is 1.12 bits per heavy atom. The molecule has 2 atom stereocenters. The molecular formula is C24H31NO6S. The summed E-state index contributed by atoms with van der Waals surface area (Å²) in [6.45, 7) is 5.36. The van der Waals surface area contributed by atoms with Gasteiger partial charge in [-0.25, -0.2) is 8.42 Å². The van der Waals surface area contributed by atoms with Gasteiger partial charge >= 0.3 is 0 Å². The van der Waals surface area contributed by atoms with E-state index in [-0.39, 0.29) is 46.7 Å². The highest BCUT2D eigenvalue weighted by Gasteiger charge is 2.31. The van der Waals surface area contributed by atoms with Crippen LogP contribution in [0.3, 0.4) is 0 Å². The number of ether oxygens (including phenoxy) is 3. The third-order valence-corrected chi connectivity index (χ3v) is 7.10. The lowest BCUT2D eigenvalue weighted by Crippen LogP contribution is -2.14. The molecule has 7 nitrogen and oxygen atoms in total. The molecule has 1 saturated heterocycles. The van der Waals surface area contributed by atoms with Gasteiger partial charge in [-0.1, -0.05) is 19.9 Å². The Morgan fingerprint density at radius 3 is 2.50 bits per heavy atom. The second-order valence-electron chi connectivity index (χ2n) is 7.98. The van der Waals surface area contributed by atoms with Crippen molar-refractivity contribution in [2.75, 3.05) is 19.0 Å². The summed E-state index contributed by atoms with van der Waals surface area (Å²) >= 11 is 0. The van der Waals surface area contributed by atoms with Crippen molar-refractivity contribution < 1.29 is 27.4 Å². The zero-order valence-corrected chi connectivity index (χ0v) is 19.7. The van der Waals surface area contributed by atoms with E-state index < -0.39 is 9.84 Å². The maximum Gasteiger partial charge on any atom is 0.182 e. The molecule has 1 fully saturated rings. The molecule has 1 aromatic carbocycles. The molecule has 0 radical (unpaired) electrons. The maximum absolute atomic E-state index is 13.1. The van der Waals surface area contributed by atoms with Crippen LogP contribution in [0.15, 0.2) is 41.6 Å². The lowest BCUT2D eigenvalue weighted by atomic mass is 10.0. The highest BCUT2D eigenvalue weighted by molar-refractivity contribution is 7.91. The molecule has 3 rings (SSSR count). The summed E-state index contributed by atoms with van der Waals surface area (Å²) in [6, 6.07) is 7.23. The average Bonchev–Trinajstić information content (AvgIpc) is 3.27. The number of carbonyl (C=O) groups excluding carboxylic acids is 1. The zero-order chi connectivity index (χ0) is 23.1. The Hall–Kier alpha value is -2.45. The molecule has 0 N–H and O–H groups in total.